The molecule has 0 spiro atoms. The molecule has 0 aliphatic carbocycles. The second-order valence-electron chi connectivity index (χ2n) is 1.46. The first-order valence-corrected chi connectivity index (χ1v) is 3.48. The van der Waals surface area contributed by atoms with Gasteiger partial charge in [-0.3, -0.25) is 0 Å². The second kappa shape index (κ2) is 6.66. The fourth-order valence-electron chi connectivity index (χ4n) is 0.372. The molecule has 44 valence electrons. The van der Waals surface area contributed by atoms with Crippen LogP contribution in [0.15, 0.2) is 12.2 Å². The standard InChI is InChI=1S/C6H10NP/c7-5-3-1-2-4-6-8/h1,3H,2,4,6,8H2. The van der Waals surface area contributed by atoms with Gasteiger partial charge in [0, 0.05) is 6.08 Å². The van der Waals surface area contributed by atoms with Gasteiger partial charge in [-0.15, -0.1) is 9.24 Å². The minimum absolute atomic E-state index is 1.02. The van der Waals surface area contributed by atoms with Crippen molar-refractivity contribution in [2.45, 2.75) is 12.8 Å². The van der Waals surface area contributed by atoms with Gasteiger partial charge in [-0.25, -0.2) is 0 Å². The zero-order chi connectivity index (χ0) is 6.24. The van der Waals surface area contributed by atoms with Gasteiger partial charge in [0.15, 0.2) is 0 Å². The molecule has 0 aromatic heterocycles. The molecule has 0 amide bonds. The van der Waals surface area contributed by atoms with Crippen molar-refractivity contribution in [3.8, 4) is 6.07 Å². The van der Waals surface area contributed by atoms with Crippen molar-refractivity contribution in [2.75, 3.05) is 6.16 Å². The van der Waals surface area contributed by atoms with E-state index in [9.17, 15) is 0 Å². The average molecular weight is 127 g/mol. The highest BCUT2D eigenvalue weighted by molar-refractivity contribution is 7.16. The molecule has 0 aromatic rings. The van der Waals surface area contributed by atoms with Crippen LogP contribution in [0.2, 0.25) is 0 Å². The minimum Gasteiger partial charge on any atom is -0.193 e. The van der Waals surface area contributed by atoms with Gasteiger partial charge < -0.3 is 0 Å². The van der Waals surface area contributed by atoms with E-state index >= 15 is 0 Å². The third-order valence-corrected chi connectivity index (χ3v) is 1.18. The van der Waals surface area contributed by atoms with Crippen molar-refractivity contribution in [2.24, 2.45) is 0 Å². The van der Waals surface area contributed by atoms with E-state index in [-0.39, 0.29) is 0 Å². The first kappa shape index (κ1) is 7.66. The van der Waals surface area contributed by atoms with E-state index in [0.717, 1.165) is 19.0 Å². The molecule has 0 saturated heterocycles. The maximum Gasteiger partial charge on any atom is 0.0908 e. The summed E-state index contributed by atoms with van der Waals surface area (Å²) in [5.74, 6) is 0. The molecule has 8 heavy (non-hydrogen) atoms. The molecule has 0 fully saturated rings. The number of nitriles is 1. The molecule has 0 N–H and O–H groups in total. The second-order valence-corrected chi connectivity index (χ2v) is 2.04. The predicted molar refractivity (Wildman–Crippen MR) is 38.6 cm³/mol. The molecule has 2 heteroatoms. The van der Waals surface area contributed by atoms with E-state index in [1.165, 1.54) is 6.08 Å². The van der Waals surface area contributed by atoms with E-state index in [4.69, 9.17) is 5.26 Å². The Morgan fingerprint density at radius 3 is 2.88 bits per heavy atom. The molecule has 0 heterocycles. The number of rotatable bonds is 3. The van der Waals surface area contributed by atoms with Gasteiger partial charge in [-0.2, -0.15) is 5.26 Å². The quantitative estimate of drug-likeness (QED) is 0.321. The molecule has 1 unspecified atom stereocenters. The highest BCUT2D eigenvalue weighted by atomic mass is 31.0. The molecule has 0 saturated carbocycles. The summed E-state index contributed by atoms with van der Waals surface area (Å²) in [5, 5.41) is 8.02. The van der Waals surface area contributed by atoms with Gasteiger partial charge in [-0.05, 0) is 19.0 Å². The number of allylic oxidation sites excluding steroid dienone is 2. The largest absolute Gasteiger partial charge is 0.193 e. The van der Waals surface area contributed by atoms with E-state index in [2.05, 4.69) is 9.24 Å². The maximum atomic E-state index is 8.02. The molecular formula is C6H10NP. The number of unbranched alkanes of at least 4 members (excludes halogenated alkanes) is 1. The summed E-state index contributed by atoms with van der Waals surface area (Å²) in [5.41, 5.74) is 0. The number of nitrogens with zero attached hydrogens (tertiary/aromatic N) is 1. The summed E-state index contributed by atoms with van der Waals surface area (Å²) in [6, 6.07) is 1.94. The van der Waals surface area contributed by atoms with Crippen molar-refractivity contribution in [1.29, 1.82) is 5.26 Å². The lowest BCUT2D eigenvalue weighted by molar-refractivity contribution is 0.973. The van der Waals surface area contributed by atoms with Crippen LogP contribution in [0, 0.1) is 11.3 Å². The summed E-state index contributed by atoms with van der Waals surface area (Å²) in [4.78, 5) is 0. The third kappa shape index (κ3) is 5.66. The van der Waals surface area contributed by atoms with Crippen LogP contribution in [0.5, 0.6) is 0 Å². The Kier molecular flexibility index (Phi) is 6.38. The minimum atomic E-state index is 1.02. The maximum absolute atomic E-state index is 8.02. The topological polar surface area (TPSA) is 23.8 Å². The summed E-state index contributed by atoms with van der Waals surface area (Å²) in [6.07, 6.45) is 6.72. The van der Waals surface area contributed by atoms with Crippen LogP contribution in [0.25, 0.3) is 0 Å². The fourth-order valence-corrected chi connectivity index (χ4v) is 0.607. The van der Waals surface area contributed by atoms with Crippen LogP contribution in [0.4, 0.5) is 0 Å². The van der Waals surface area contributed by atoms with Crippen LogP contribution in [-0.2, 0) is 0 Å². The van der Waals surface area contributed by atoms with Crippen molar-refractivity contribution < 1.29 is 0 Å². The highest BCUT2D eigenvalue weighted by Gasteiger charge is 1.74. The lowest BCUT2D eigenvalue weighted by Crippen LogP contribution is -1.68. The van der Waals surface area contributed by atoms with Crippen LogP contribution < -0.4 is 0 Å². The Morgan fingerprint density at radius 2 is 2.38 bits per heavy atom. The van der Waals surface area contributed by atoms with E-state index in [1.807, 2.05) is 12.1 Å². The van der Waals surface area contributed by atoms with Crippen molar-refractivity contribution in [1.82, 2.24) is 0 Å². The van der Waals surface area contributed by atoms with Gasteiger partial charge >= 0.3 is 0 Å². The number of hydrogen-bond acceptors (Lipinski definition) is 1. The van der Waals surface area contributed by atoms with Gasteiger partial charge in [-0.1, -0.05) is 6.08 Å². The summed E-state index contributed by atoms with van der Waals surface area (Å²) >= 11 is 0. The molecule has 0 radical (unpaired) electrons. The zero-order valence-corrected chi connectivity index (χ0v) is 5.96. The van der Waals surface area contributed by atoms with Crippen LogP contribution in [-0.4, -0.2) is 6.16 Å². The molecule has 0 aliphatic rings. The Bertz CT molecular complexity index is 102. The first-order valence-electron chi connectivity index (χ1n) is 2.66. The van der Waals surface area contributed by atoms with Gasteiger partial charge in [0.05, 0.1) is 6.07 Å². The predicted octanol–water partition coefficient (Wildman–Crippen LogP) is 1.72. The SMILES string of the molecule is N#CC=CCCCP. The fraction of sp³-hybridized carbons (Fsp3) is 0.500. The zero-order valence-electron chi connectivity index (χ0n) is 4.80. The highest BCUT2D eigenvalue weighted by Crippen LogP contribution is 1.93. The average Bonchev–Trinajstić information content (AvgIpc) is 1.81. The lowest BCUT2D eigenvalue weighted by atomic mass is 10.3. The van der Waals surface area contributed by atoms with Crippen molar-refractivity contribution in [3.63, 3.8) is 0 Å². The van der Waals surface area contributed by atoms with Crippen molar-refractivity contribution >= 4 is 9.24 Å². The smallest absolute Gasteiger partial charge is 0.0908 e. The van der Waals surface area contributed by atoms with Gasteiger partial charge in [0.2, 0.25) is 0 Å². The molecule has 1 nitrogen and oxygen atoms in total. The summed E-state index contributed by atoms with van der Waals surface area (Å²) in [7, 11) is 2.65. The van der Waals surface area contributed by atoms with E-state index in [0.29, 0.717) is 0 Å². The molecule has 0 rings (SSSR count). The van der Waals surface area contributed by atoms with Crippen LogP contribution in [0.3, 0.4) is 0 Å². The molecule has 0 aliphatic heterocycles. The Hall–Kier alpha value is -0.340. The third-order valence-electron chi connectivity index (χ3n) is 0.767. The van der Waals surface area contributed by atoms with Crippen LogP contribution >= 0.6 is 9.24 Å². The normalized spacial score (nSPS) is 9.50. The molecule has 0 bridgehead atoms. The first-order chi connectivity index (χ1) is 3.91. The number of hydrogen-bond donors (Lipinski definition) is 0. The molecule has 1 atom stereocenters. The Balaban J connectivity index is 2.94. The van der Waals surface area contributed by atoms with E-state index < -0.39 is 0 Å². The summed E-state index contributed by atoms with van der Waals surface area (Å²) < 4.78 is 0. The summed E-state index contributed by atoms with van der Waals surface area (Å²) in [6.45, 7) is 0. The van der Waals surface area contributed by atoms with Crippen LogP contribution in [0.1, 0.15) is 12.8 Å². The molecular weight excluding hydrogens is 117 g/mol. The van der Waals surface area contributed by atoms with Crippen molar-refractivity contribution in [3.05, 3.63) is 12.2 Å². The van der Waals surface area contributed by atoms with Gasteiger partial charge in [0.1, 0.15) is 0 Å². The van der Waals surface area contributed by atoms with Gasteiger partial charge in [0.25, 0.3) is 0 Å². The Labute approximate surface area is 52.6 Å². The van der Waals surface area contributed by atoms with E-state index in [1.54, 1.807) is 0 Å². The monoisotopic (exact) mass is 127 g/mol. The molecule has 0 aromatic carbocycles. The lowest BCUT2D eigenvalue weighted by Gasteiger charge is -1.83. The Morgan fingerprint density at radius 1 is 1.62 bits per heavy atom.